The van der Waals surface area contributed by atoms with Crippen LogP contribution in [0, 0.1) is 13.8 Å². The number of hydrogen-bond acceptors (Lipinski definition) is 4. The van der Waals surface area contributed by atoms with Crippen LogP contribution in [-0.4, -0.2) is 29.0 Å². The monoisotopic (exact) mass is 372 g/mol. The lowest BCUT2D eigenvalue weighted by molar-refractivity contribution is 0.237. The Kier molecular flexibility index (Phi) is 6.27. The van der Waals surface area contributed by atoms with E-state index in [9.17, 15) is 4.79 Å². The van der Waals surface area contributed by atoms with Crippen molar-refractivity contribution < 1.29 is 4.79 Å². The van der Waals surface area contributed by atoms with E-state index in [0.717, 1.165) is 27.7 Å². The average Bonchev–Trinajstić information content (AvgIpc) is 3.22. The van der Waals surface area contributed by atoms with Crippen LogP contribution in [0.5, 0.6) is 0 Å². The minimum Gasteiger partial charge on any atom is -0.334 e. The second-order valence-corrected chi connectivity index (χ2v) is 8.27. The summed E-state index contributed by atoms with van der Waals surface area (Å²) in [6.07, 6.45) is 2.61. The molecule has 0 radical (unpaired) electrons. The van der Waals surface area contributed by atoms with Crippen LogP contribution in [0.3, 0.4) is 0 Å². The van der Waals surface area contributed by atoms with Crippen LogP contribution >= 0.6 is 11.3 Å². The highest BCUT2D eigenvalue weighted by Crippen LogP contribution is 2.24. The highest BCUT2D eigenvalue weighted by Gasteiger charge is 2.15. The molecular formula is C20H28N4OS. The Bertz CT molecular complexity index is 752. The summed E-state index contributed by atoms with van der Waals surface area (Å²) in [5.74, 6) is 0. The molecule has 2 aromatic rings. The number of carbonyl (C=O) groups is 1. The Morgan fingerprint density at radius 3 is 2.69 bits per heavy atom. The second-order valence-electron chi connectivity index (χ2n) is 7.03. The quantitative estimate of drug-likeness (QED) is 0.808. The number of hydrogen-bond donors (Lipinski definition) is 2. The van der Waals surface area contributed by atoms with Gasteiger partial charge in [0.2, 0.25) is 0 Å². The smallest absolute Gasteiger partial charge is 0.315 e. The van der Waals surface area contributed by atoms with Crippen LogP contribution in [0.15, 0.2) is 24.3 Å². The molecule has 5 nitrogen and oxygen atoms in total. The van der Waals surface area contributed by atoms with E-state index in [1.54, 1.807) is 11.3 Å². The fourth-order valence-electron chi connectivity index (χ4n) is 3.48. The van der Waals surface area contributed by atoms with Crippen LogP contribution < -0.4 is 10.6 Å². The zero-order valence-electron chi connectivity index (χ0n) is 15.8. The summed E-state index contributed by atoms with van der Waals surface area (Å²) in [5, 5.41) is 7.00. The van der Waals surface area contributed by atoms with Crippen molar-refractivity contribution >= 4 is 17.4 Å². The number of rotatable bonds is 6. The SMILES string of the molecule is Cc1nc(C)c([C@H](C)NC(=O)NCc2cccc(CN3CCCC3)c2)s1. The zero-order chi connectivity index (χ0) is 18.5. The number of likely N-dealkylation sites (tertiary alicyclic amines) is 1. The summed E-state index contributed by atoms with van der Waals surface area (Å²) in [4.78, 5) is 20.3. The number of nitrogens with zero attached hydrogens (tertiary/aromatic N) is 2. The van der Waals surface area contributed by atoms with Gasteiger partial charge < -0.3 is 10.6 Å². The van der Waals surface area contributed by atoms with Gasteiger partial charge in [-0.25, -0.2) is 9.78 Å². The molecule has 1 aliphatic rings. The standard InChI is InChI=1S/C20H28N4OS/c1-14-19(26-16(3)22-14)15(2)23-20(25)21-12-17-7-6-8-18(11-17)13-24-9-4-5-10-24/h6-8,11,15H,4-5,9-10,12-13H2,1-3H3,(H2,21,23,25)/t15-/m0/s1. The van der Waals surface area contributed by atoms with E-state index in [1.165, 1.54) is 31.5 Å². The third-order valence-electron chi connectivity index (χ3n) is 4.73. The first-order valence-corrected chi connectivity index (χ1v) is 10.1. The van der Waals surface area contributed by atoms with E-state index >= 15 is 0 Å². The predicted molar refractivity (Wildman–Crippen MR) is 106 cm³/mol. The fourth-order valence-corrected chi connectivity index (χ4v) is 4.41. The summed E-state index contributed by atoms with van der Waals surface area (Å²) < 4.78 is 0. The molecule has 1 aliphatic heterocycles. The van der Waals surface area contributed by atoms with E-state index in [-0.39, 0.29) is 12.1 Å². The maximum atomic E-state index is 12.2. The molecule has 2 heterocycles. The maximum absolute atomic E-state index is 12.2. The number of carbonyl (C=O) groups excluding carboxylic acids is 1. The van der Waals surface area contributed by atoms with Gasteiger partial charge in [0.1, 0.15) is 0 Å². The molecule has 0 spiro atoms. The number of benzene rings is 1. The van der Waals surface area contributed by atoms with Crippen molar-refractivity contribution in [3.8, 4) is 0 Å². The highest BCUT2D eigenvalue weighted by atomic mass is 32.1. The van der Waals surface area contributed by atoms with Crippen molar-refractivity contribution in [3.05, 3.63) is 51.0 Å². The van der Waals surface area contributed by atoms with Crippen molar-refractivity contribution in [2.45, 2.75) is 52.7 Å². The highest BCUT2D eigenvalue weighted by molar-refractivity contribution is 7.11. The van der Waals surface area contributed by atoms with Crippen molar-refractivity contribution in [1.82, 2.24) is 20.5 Å². The van der Waals surface area contributed by atoms with Crippen LogP contribution in [0.4, 0.5) is 4.79 Å². The van der Waals surface area contributed by atoms with Gasteiger partial charge in [0.15, 0.2) is 0 Å². The average molecular weight is 373 g/mol. The number of aromatic nitrogens is 1. The molecule has 1 fully saturated rings. The largest absolute Gasteiger partial charge is 0.334 e. The number of aryl methyl sites for hydroxylation is 2. The molecule has 6 heteroatoms. The van der Waals surface area contributed by atoms with Gasteiger partial charge in [-0.1, -0.05) is 24.3 Å². The molecule has 0 aliphatic carbocycles. The molecule has 1 aromatic heterocycles. The molecule has 1 atom stereocenters. The Morgan fingerprint density at radius 1 is 1.27 bits per heavy atom. The van der Waals surface area contributed by atoms with Gasteiger partial charge in [-0.05, 0) is 57.8 Å². The lowest BCUT2D eigenvalue weighted by Gasteiger charge is -2.16. The minimum atomic E-state index is -0.145. The normalized spacial score (nSPS) is 15.8. The van der Waals surface area contributed by atoms with E-state index in [0.29, 0.717) is 6.54 Å². The lowest BCUT2D eigenvalue weighted by Crippen LogP contribution is -2.36. The molecule has 0 saturated carbocycles. The van der Waals surface area contributed by atoms with Crippen molar-refractivity contribution in [1.29, 1.82) is 0 Å². The summed E-state index contributed by atoms with van der Waals surface area (Å²) in [6, 6.07) is 8.31. The first-order valence-electron chi connectivity index (χ1n) is 9.29. The molecule has 2 amide bonds. The Hall–Kier alpha value is -1.92. The minimum absolute atomic E-state index is 0.0392. The number of urea groups is 1. The Balaban J connectivity index is 1.50. The fraction of sp³-hybridized carbons (Fsp3) is 0.500. The third kappa shape index (κ3) is 5.05. The van der Waals surface area contributed by atoms with Gasteiger partial charge in [-0.2, -0.15) is 0 Å². The number of thiazole rings is 1. The first-order chi connectivity index (χ1) is 12.5. The van der Waals surface area contributed by atoms with Gasteiger partial charge >= 0.3 is 6.03 Å². The molecule has 2 N–H and O–H groups in total. The molecule has 3 rings (SSSR count). The van der Waals surface area contributed by atoms with Crippen molar-refractivity contribution in [3.63, 3.8) is 0 Å². The van der Waals surface area contributed by atoms with E-state index in [4.69, 9.17) is 0 Å². The van der Waals surface area contributed by atoms with Crippen LogP contribution in [0.1, 0.15) is 52.5 Å². The molecule has 26 heavy (non-hydrogen) atoms. The summed E-state index contributed by atoms with van der Waals surface area (Å²) in [5.41, 5.74) is 3.44. The summed E-state index contributed by atoms with van der Waals surface area (Å²) in [7, 11) is 0. The van der Waals surface area contributed by atoms with E-state index < -0.39 is 0 Å². The van der Waals surface area contributed by atoms with E-state index in [2.05, 4.69) is 44.8 Å². The molecule has 0 bridgehead atoms. The third-order valence-corrected chi connectivity index (χ3v) is 5.99. The van der Waals surface area contributed by atoms with Crippen LogP contribution in [-0.2, 0) is 13.1 Å². The summed E-state index contributed by atoms with van der Waals surface area (Å²) in [6.45, 7) is 9.90. The first kappa shape index (κ1) is 18.9. The van der Waals surface area contributed by atoms with Crippen molar-refractivity contribution in [2.75, 3.05) is 13.1 Å². The number of amides is 2. The molecule has 1 aromatic carbocycles. The number of nitrogens with one attached hydrogen (secondary N) is 2. The van der Waals surface area contributed by atoms with Crippen LogP contribution in [0.25, 0.3) is 0 Å². The van der Waals surface area contributed by atoms with Gasteiger partial charge in [0, 0.05) is 18.0 Å². The lowest BCUT2D eigenvalue weighted by atomic mass is 10.1. The van der Waals surface area contributed by atoms with Crippen LogP contribution in [0.2, 0.25) is 0 Å². The van der Waals surface area contributed by atoms with Gasteiger partial charge in [-0.3, -0.25) is 4.90 Å². The Labute approximate surface area is 159 Å². The topological polar surface area (TPSA) is 57.3 Å². The molecule has 140 valence electrons. The van der Waals surface area contributed by atoms with E-state index in [1.807, 2.05) is 20.8 Å². The van der Waals surface area contributed by atoms with Gasteiger partial charge in [-0.15, -0.1) is 11.3 Å². The molecular weight excluding hydrogens is 344 g/mol. The second kappa shape index (κ2) is 8.64. The molecule has 1 saturated heterocycles. The Morgan fingerprint density at radius 2 is 2.00 bits per heavy atom. The van der Waals surface area contributed by atoms with Gasteiger partial charge in [0.05, 0.1) is 16.7 Å². The summed E-state index contributed by atoms with van der Waals surface area (Å²) >= 11 is 1.64. The zero-order valence-corrected chi connectivity index (χ0v) is 16.7. The molecule has 0 unspecified atom stereocenters. The van der Waals surface area contributed by atoms with Crippen molar-refractivity contribution in [2.24, 2.45) is 0 Å². The predicted octanol–water partition coefficient (Wildman–Crippen LogP) is 3.92. The maximum Gasteiger partial charge on any atom is 0.315 e. The van der Waals surface area contributed by atoms with Gasteiger partial charge in [0.25, 0.3) is 0 Å².